The van der Waals surface area contributed by atoms with E-state index in [-0.39, 0.29) is 5.91 Å². The van der Waals surface area contributed by atoms with Crippen molar-refractivity contribution in [3.05, 3.63) is 111 Å². The summed E-state index contributed by atoms with van der Waals surface area (Å²) >= 11 is 18.6. The molecule has 1 aliphatic rings. The molecule has 0 fully saturated rings. The SMILES string of the molecule is CC1=NN(c2cccc(Cl)c2)C(=O)/C1=C/c1cn(Cc2ccc(Cl)cc2Cl)nc1-c1ccccc1. The molecular weight excluding hydrogens is 503 g/mol. The molecule has 4 aromatic rings. The average molecular weight is 522 g/mol. The number of carbonyl (C=O) groups excluding carboxylic acids is 1. The molecule has 5 rings (SSSR count). The maximum absolute atomic E-state index is 13.3. The second kappa shape index (κ2) is 9.70. The highest BCUT2D eigenvalue weighted by Crippen LogP contribution is 2.30. The molecule has 1 aromatic heterocycles. The van der Waals surface area contributed by atoms with Gasteiger partial charge in [-0.15, -0.1) is 0 Å². The zero-order valence-corrected chi connectivity index (χ0v) is 20.9. The van der Waals surface area contributed by atoms with Crippen molar-refractivity contribution >= 4 is 58.2 Å². The van der Waals surface area contributed by atoms with Crippen molar-refractivity contribution in [3.63, 3.8) is 0 Å². The topological polar surface area (TPSA) is 50.5 Å². The zero-order valence-electron chi connectivity index (χ0n) is 18.6. The molecule has 5 nitrogen and oxygen atoms in total. The highest BCUT2D eigenvalue weighted by atomic mass is 35.5. The van der Waals surface area contributed by atoms with E-state index in [9.17, 15) is 4.79 Å². The monoisotopic (exact) mass is 520 g/mol. The van der Waals surface area contributed by atoms with Crippen LogP contribution in [0.15, 0.2) is 89.7 Å². The van der Waals surface area contributed by atoms with Gasteiger partial charge in [-0.1, -0.05) is 77.3 Å². The number of hydrogen-bond acceptors (Lipinski definition) is 3. The molecule has 0 unspecified atom stereocenters. The second-order valence-corrected chi connectivity index (χ2v) is 9.35. The van der Waals surface area contributed by atoms with Gasteiger partial charge in [-0.3, -0.25) is 9.48 Å². The predicted octanol–water partition coefficient (Wildman–Crippen LogP) is 7.36. The van der Waals surface area contributed by atoms with Gasteiger partial charge in [-0.05, 0) is 48.9 Å². The molecule has 0 atom stereocenters. The lowest BCUT2D eigenvalue weighted by Crippen LogP contribution is -2.21. The van der Waals surface area contributed by atoms with E-state index >= 15 is 0 Å². The normalized spacial score (nSPS) is 14.6. The molecule has 0 radical (unpaired) electrons. The molecular formula is C27H19Cl3N4O. The van der Waals surface area contributed by atoms with Crippen molar-refractivity contribution < 1.29 is 4.79 Å². The Kier molecular flexibility index (Phi) is 6.48. The number of hydrazone groups is 1. The summed E-state index contributed by atoms with van der Waals surface area (Å²) in [4.78, 5) is 13.3. The second-order valence-electron chi connectivity index (χ2n) is 8.07. The Morgan fingerprint density at radius 2 is 1.69 bits per heavy atom. The fourth-order valence-electron chi connectivity index (χ4n) is 3.89. The average Bonchev–Trinajstić information content (AvgIpc) is 3.37. The first kappa shape index (κ1) is 23.4. The van der Waals surface area contributed by atoms with Crippen LogP contribution in [0.1, 0.15) is 18.1 Å². The van der Waals surface area contributed by atoms with Crippen LogP contribution in [0.5, 0.6) is 0 Å². The summed E-state index contributed by atoms with van der Waals surface area (Å²) in [5, 5.41) is 12.3. The molecule has 1 amide bonds. The molecule has 0 aliphatic carbocycles. The number of nitrogens with zero attached hydrogens (tertiary/aromatic N) is 4. The van der Waals surface area contributed by atoms with Crippen LogP contribution in [0.2, 0.25) is 15.1 Å². The Bertz CT molecular complexity index is 1490. The molecule has 3 aromatic carbocycles. The molecule has 0 spiro atoms. The Hall–Kier alpha value is -3.38. The van der Waals surface area contributed by atoms with Crippen LogP contribution in [0, 0.1) is 0 Å². The number of carbonyl (C=O) groups is 1. The van der Waals surface area contributed by atoms with Crippen LogP contribution >= 0.6 is 34.8 Å². The number of benzene rings is 3. The first-order chi connectivity index (χ1) is 16.9. The number of rotatable bonds is 5. The smallest absolute Gasteiger partial charge is 0.267 e. The molecule has 2 heterocycles. The molecule has 0 saturated carbocycles. The van der Waals surface area contributed by atoms with Crippen LogP contribution < -0.4 is 5.01 Å². The third kappa shape index (κ3) is 4.89. The van der Waals surface area contributed by atoms with Gasteiger partial charge in [-0.25, -0.2) is 0 Å². The lowest BCUT2D eigenvalue weighted by molar-refractivity contribution is -0.114. The van der Waals surface area contributed by atoms with E-state index < -0.39 is 0 Å². The first-order valence-electron chi connectivity index (χ1n) is 10.8. The Balaban J connectivity index is 1.54. The van der Waals surface area contributed by atoms with Crippen LogP contribution in [-0.4, -0.2) is 21.4 Å². The minimum Gasteiger partial charge on any atom is -0.267 e. The van der Waals surface area contributed by atoms with Crippen LogP contribution in [0.4, 0.5) is 5.69 Å². The molecule has 174 valence electrons. The number of anilines is 1. The predicted molar refractivity (Wildman–Crippen MR) is 143 cm³/mol. The Morgan fingerprint density at radius 1 is 0.914 bits per heavy atom. The van der Waals surface area contributed by atoms with Crippen molar-refractivity contribution in [2.24, 2.45) is 5.10 Å². The third-order valence-corrected chi connectivity index (χ3v) is 6.42. The third-order valence-electron chi connectivity index (χ3n) is 5.60. The van der Waals surface area contributed by atoms with E-state index in [0.29, 0.717) is 38.6 Å². The Labute approximate surface area is 217 Å². The molecule has 8 heteroatoms. The summed E-state index contributed by atoms with van der Waals surface area (Å²) < 4.78 is 1.81. The highest BCUT2D eigenvalue weighted by molar-refractivity contribution is 6.35. The fraction of sp³-hybridized carbons (Fsp3) is 0.0741. The molecule has 0 saturated heterocycles. The maximum atomic E-state index is 13.3. The van der Waals surface area contributed by atoms with Gasteiger partial charge in [0.15, 0.2) is 0 Å². The van der Waals surface area contributed by atoms with Crippen LogP contribution in [-0.2, 0) is 11.3 Å². The van der Waals surface area contributed by atoms with E-state index in [1.165, 1.54) is 5.01 Å². The molecule has 0 bridgehead atoms. The van der Waals surface area contributed by atoms with Crippen molar-refractivity contribution in [1.29, 1.82) is 0 Å². The van der Waals surface area contributed by atoms with E-state index in [1.807, 2.05) is 60.3 Å². The molecule has 35 heavy (non-hydrogen) atoms. The largest absolute Gasteiger partial charge is 0.280 e. The van der Waals surface area contributed by atoms with Gasteiger partial charge >= 0.3 is 0 Å². The van der Waals surface area contributed by atoms with Gasteiger partial charge in [0.2, 0.25) is 0 Å². The summed E-state index contributed by atoms with van der Waals surface area (Å²) in [7, 11) is 0. The number of hydrogen-bond donors (Lipinski definition) is 0. The molecule has 1 aliphatic heterocycles. The van der Waals surface area contributed by atoms with Crippen molar-refractivity contribution in [2.75, 3.05) is 5.01 Å². The zero-order chi connectivity index (χ0) is 24.5. The number of halogens is 3. The van der Waals surface area contributed by atoms with Gasteiger partial charge in [0.05, 0.1) is 29.2 Å². The van der Waals surface area contributed by atoms with E-state index in [0.717, 1.165) is 22.4 Å². The minimum atomic E-state index is -0.225. The van der Waals surface area contributed by atoms with Gasteiger partial charge < -0.3 is 0 Å². The summed E-state index contributed by atoms with van der Waals surface area (Å²) in [6.45, 7) is 2.27. The summed E-state index contributed by atoms with van der Waals surface area (Å²) in [6.07, 6.45) is 3.74. The Morgan fingerprint density at radius 3 is 2.43 bits per heavy atom. The van der Waals surface area contributed by atoms with Gasteiger partial charge in [-0.2, -0.15) is 15.2 Å². The standard InChI is InChI=1S/C27H19Cl3N4O/c1-17-24(27(35)34(31-17)23-9-5-8-21(28)13-23)12-20-16-33(15-19-10-11-22(29)14-25(19)30)32-26(20)18-6-3-2-4-7-18/h2-14,16H,15H2,1H3/b24-12+. The minimum absolute atomic E-state index is 0.225. The van der Waals surface area contributed by atoms with Crippen LogP contribution in [0.3, 0.4) is 0 Å². The van der Waals surface area contributed by atoms with Gasteiger partial charge in [0.1, 0.15) is 0 Å². The van der Waals surface area contributed by atoms with E-state index in [1.54, 1.807) is 36.4 Å². The molecule has 0 N–H and O–H groups in total. The fourth-order valence-corrected chi connectivity index (χ4v) is 4.54. The summed E-state index contributed by atoms with van der Waals surface area (Å²) in [5.41, 5.74) is 5.10. The summed E-state index contributed by atoms with van der Waals surface area (Å²) in [6, 6.07) is 22.3. The van der Waals surface area contributed by atoms with Crippen molar-refractivity contribution in [3.8, 4) is 11.3 Å². The van der Waals surface area contributed by atoms with Crippen molar-refractivity contribution in [2.45, 2.75) is 13.5 Å². The quantitative estimate of drug-likeness (QED) is 0.258. The highest BCUT2D eigenvalue weighted by Gasteiger charge is 2.29. The number of amides is 1. The van der Waals surface area contributed by atoms with Crippen molar-refractivity contribution in [1.82, 2.24) is 9.78 Å². The maximum Gasteiger partial charge on any atom is 0.280 e. The van der Waals surface area contributed by atoms with E-state index in [2.05, 4.69) is 5.10 Å². The lowest BCUT2D eigenvalue weighted by atomic mass is 10.0. The number of aromatic nitrogens is 2. The summed E-state index contributed by atoms with van der Waals surface area (Å²) in [5.74, 6) is -0.225. The van der Waals surface area contributed by atoms with E-state index in [4.69, 9.17) is 39.9 Å². The van der Waals surface area contributed by atoms with Gasteiger partial charge in [0, 0.05) is 32.4 Å². The van der Waals surface area contributed by atoms with Crippen LogP contribution in [0.25, 0.3) is 17.3 Å². The van der Waals surface area contributed by atoms with Gasteiger partial charge in [0.25, 0.3) is 5.91 Å². The first-order valence-corrected chi connectivity index (χ1v) is 12.0. The lowest BCUT2D eigenvalue weighted by Gasteiger charge is -2.11.